The Kier molecular flexibility index (Phi) is 2.63. The maximum Gasteiger partial charge on any atom is 0.317 e. The molecule has 1 aliphatic carbocycles. The largest absolute Gasteiger partial charge is 0.383 e. The minimum atomic E-state index is 0.0748. The quantitative estimate of drug-likeness (QED) is 0.682. The minimum Gasteiger partial charge on any atom is -0.383 e. The van der Waals surface area contributed by atoms with E-state index in [1.165, 1.54) is 19.3 Å². The SMILES string of the molecule is COCCNC(=O)N1CCC2(CC2)C1. The van der Waals surface area contributed by atoms with Crippen LogP contribution in [0, 0.1) is 5.41 Å². The van der Waals surface area contributed by atoms with E-state index in [1.54, 1.807) is 7.11 Å². The van der Waals surface area contributed by atoms with Crippen LogP contribution in [0.4, 0.5) is 4.79 Å². The van der Waals surface area contributed by atoms with Crippen LogP contribution in [0.1, 0.15) is 19.3 Å². The van der Waals surface area contributed by atoms with Crippen LogP contribution in [-0.4, -0.2) is 44.3 Å². The van der Waals surface area contributed by atoms with Gasteiger partial charge in [-0.15, -0.1) is 0 Å². The molecule has 0 atom stereocenters. The van der Waals surface area contributed by atoms with E-state index in [0.717, 1.165) is 13.1 Å². The molecule has 1 spiro atoms. The van der Waals surface area contributed by atoms with E-state index in [4.69, 9.17) is 4.74 Å². The zero-order valence-electron chi connectivity index (χ0n) is 8.71. The molecule has 2 amide bonds. The molecule has 0 unspecified atom stereocenters. The third-order valence-electron chi connectivity index (χ3n) is 3.27. The molecule has 14 heavy (non-hydrogen) atoms. The number of methoxy groups -OCH3 is 1. The van der Waals surface area contributed by atoms with Gasteiger partial charge in [0.1, 0.15) is 0 Å². The molecular weight excluding hydrogens is 180 g/mol. The fourth-order valence-electron chi connectivity index (χ4n) is 2.07. The smallest absolute Gasteiger partial charge is 0.317 e. The van der Waals surface area contributed by atoms with Crippen molar-refractivity contribution in [2.45, 2.75) is 19.3 Å². The van der Waals surface area contributed by atoms with Crippen molar-refractivity contribution in [3.05, 3.63) is 0 Å². The summed E-state index contributed by atoms with van der Waals surface area (Å²) in [5.41, 5.74) is 0.526. The first-order chi connectivity index (χ1) is 6.76. The Balaban J connectivity index is 1.70. The molecule has 2 aliphatic rings. The van der Waals surface area contributed by atoms with Gasteiger partial charge in [-0.2, -0.15) is 0 Å². The summed E-state index contributed by atoms with van der Waals surface area (Å²) in [7, 11) is 1.64. The van der Waals surface area contributed by atoms with Crippen LogP contribution in [0.15, 0.2) is 0 Å². The number of ether oxygens (including phenoxy) is 1. The molecule has 0 aromatic heterocycles. The van der Waals surface area contributed by atoms with E-state index in [-0.39, 0.29) is 6.03 Å². The summed E-state index contributed by atoms with van der Waals surface area (Å²) >= 11 is 0. The third kappa shape index (κ3) is 2.00. The lowest BCUT2D eigenvalue weighted by molar-refractivity contribution is 0.184. The summed E-state index contributed by atoms with van der Waals surface area (Å²) in [4.78, 5) is 13.5. The number of nitrogens with zero attached hydrogens (tertiary/aromatic N) is 1. The maximum absolute atomic E-state index is 11.6. The summed E-state index contributed by atoms with van der Waals surface area (Å²) in [6.45, 7) is 3.09. The van der Waals surface area contributed by atoms with Gasteiger partial charge < -0.3 is 15.0 Å². The van der Waals surface area contributed by atoms with Crippen LogP contribution in [0.25, 0.3) is 0 Å². The van der Waals surface area contributed by atoms with Crippen molar-refractivity contribution in [3.63, 3.8) is 0 Å². The second kappa shape index (κ2) is 3.77. The number of carbonyl (C=O) groups excluding carboxylic acids is 1. The summed E-state index contributed by atoms with van der Waals surface area (Å²) in [5.74, 6) is 0. The highest BCUT2D eigenvalue weighted by Crippen LogP contribution is 2.52. The molecule has 1 saturated carbocycles. The third-order valence-corrected chi connectivity index (χ3v) is 3.27. The van der Waals surface area contributed by atoms with Crippen molar-refractivity contribution < 1.29 is 9.53 Å². The first-order valence-electron chi connectivity index (χ1n) is 5.27. The van der Waals surface area contributed by atoms with Gasteiger partial charge in [-0.1, -0.05) is 0 Å². The Labute approximate surface area is 84.6 Å². The Hall–Kier alpha value is -0.770. The Morgan fingerprint density at radius 1 is 1.50 bits per heavy atom. The zero-order chi connectivity index (χ0) is 10.0. The van der Waals surface area contributed by atoms with Crippen molar-refractivity contribution in [2.24, 2.45) is 5.41 Å². The molecule has 0 aromatic carbocycles. The van der Waals surface area contributed by atoms with Crippen LogP contribution in [0.2, 0.25) is 0 Å². The summed E-state index contributed by atoms with van der Waals surface area (Å²) in [5, 5.41) is 2.85. The van der Waals surface area contributed by atoms with E-state index >= 15 is 0 Å². The molecule has 0 aromatic rings. The van der Waals surface area contributed by atoms with Gasteiger partial charge in [-0.25, -0.2) is 4.79 Å². The second-order valence-electron chi connectivity index (χ2n) is 4.40. The minimum absolute atomic E-state index is 0.0748. The number of nitrogens with one attached hydrogen (secondary N) is 1. The fraction of sp³-hybridized carbons (Fsp3) is 0.900. The predicted octanol–water partition coefficient (Wildman–Crippen LogP) is 0.828. The van der Waals surface area contributed by atoms with Gasteiger partial charge in [0, 0.05) is 26.7 Å². The van der Waals surface area contributed by atoms with Crippen molar-refractivity contribution in [3.8, 4) is 0 Å². The van der Waals surface area contributed by atoms with Crippen molar-refractivity contribution in [1.82, 2.24) is 10.2 Å². The summed E-state index contributed by atoms with van der Waals surface area (Å²) < 4.78 is 4.87. The first kappa shape index (κ1) is 9.77. The van der Waals surface area contributed by atoms with Crippen LogP contribution in [-0.2, 0) is 4.74 Å². The molecule has 1 saturated heterocycles. The number of amides is 2. The molecule has 0 bridgehead atoms. The Morgan fingerprint density at radius 2 is 2.29 bits per heavy atom. The van der Waals surface area contributed by atoms with Crippen LogP contribution < -0.4 is 5.32 Å². The number of likely N-dealkylation sites (tertiary alicyclic amines) is 1. The van der Waals surface area contributed by atoms with Crippen LogP contribution >= 0.6 is 0 Å². The molecule has 1 aliphatic heterocycles. The van der Waals surface area contributed by atoms with Crippen molar-refractivity contribution in [2.75, 3.05) is 33.4 Å². The van der Waals surface area contributed by atoms with Gasteiger partial charge in [0.25, 0.3) is 0 Å². The van der Waals surface area contributed by atoms with Gasteiger partial charge in [0.2, 0.25) is 0 Å². The lowest BCUT2D eigenvalue weighted by Crippen LogP contribution is -2.39. The summed E-state index contributed by atoms with van der Waals surface area (Å²) in [6, 6.07) is 0.0748. The van der Waals surface area contributed by atoms with E-state index < -0.39 is 0 Å². The fourth-order valence-corrected chi connectivity index (χ4v) is 2.07. The molecule has 2 rings (SSSR count). The van der Waals surface area contributed by atoms with Gasteiger partial charge in [-0.05, 0) is 24.7 Å². The average Bonchev–Trinajstić information content (AvgIpc) is 2.77. The van der Waals surface area contributed by atoms with E-state index in [1.807, 2.05) is 4.90 Å². The van der Waals surface area contributed by atoms with Crippen molar-refractivity contribution in [1.29, 1.82) is 0 Å². The lowest BCUT2D eigenvalue weighted by Gasteiger charge is -2.16. The molecule has 1 heterocycles. The molecule has 80 valence electrons. The Morgan fingerprint density at radius 3 is 2.86 bits per heavy atom. The van der Waals surface area contributed by atoms with Gasteiger partial charge in [0.15, 0.2) is 0 Å². The van der Waals surface area contributed by atoms with Gasteiger partial charge in [0.05, 0.1) is 6.61 Å². The van der Waals surface area contributed by atoms with Gasteiger partial charge >= 0.3 is 6.03 Å². The average molecular weight is 198 g/mol. The van der Waals surface area contributed by atoms with Crippen molar-refractivity contribution >= 4 is 6.03 Å². The highest BCUT2D eigenvalue weighted by Gasteiger charge is 2.48. The number of hydrogen-bond donors (Lipinski definition) is 1. The Bertz CT molecular complexity index is 226. The number of urea groups is 1. The topological polar surface area (TPSA) is 41.6 Å². The molecular formula is C10H18N2O2. The highest BCUT2D eigenvalue weighted by atomic mass is 16.5. The number of hydrogen-bond acceptors (Lipinski definition) is 2. The first-order valence-corrected chi connectivity index (χ1v) is 5.27. The normalized spacial score (nSPS) is 22.8. The molecule has 1 N–H and O–H groups in total. The second-order valence-corrected chi connectivity index (χ2v) is 4.40. The monoisotopic (exact) mass is 198 g/mol. The molecule has 4 heteroatoms. The standard InChI is InChI=1S/C10H18N2O2/c1-14-7-5-11-9(13)12-6-4-10(8-12)2-3-10/h2-8H2,1H3,(H,11,13). The molecule has 2 fully saturated rings. The lowest BCUT2D eigenvalue weighted by atomic mass is 10.1. The summed E-state index contributed by atoms with van der Waals surface area (Å²) in [6.07, 6.45) is 3.83. The van der Waals surface area contributed by atoms with Crippen LogP contribution in [0.5, 0.6) is 0 Å². The van der Waals surface area contributed by atoms with E-state index in [2.05, 4.69) is 5.32 Å². The van der Waals surface area contributed by atoms with E-state index in [9.17, 15) is 4.79 Å². The van der Waals surface area contributed by atoms with E-state index in [0.29, 0.717) is 18.6 Å². The molecule has 0 radical (unpaired) electrons. The van der Waals surface area contributed by atoms with Crippen LogP contribution in [0.3, 0.4) is 0 Å². The highest BCUT2D eigenvalue weighted by molar-refractivity contribution is 5.74. The maximum atomic E-state index is 11.6. The van der Waals surface area contributed by atoms with Gasteiger partial charge in [-0.3, -0.25) is 0 Å². The predicted molar refractivity (Wildman–Crippen MR) is 53.1 cm³/mol. The number of carbonyl (C=O) groups is 1. The molecule has 4 nitrogen and oxygen atoms in total. The zero-order valence-corrected chi connectivity index (χ0v) is 8.71. The number of rotatable bonds is 3.